The van der Waals surface area contributed by atoms with Crippen LogP contribution >= 0.6 is 0 Å². The van der Waals surface area contributed by atoms with Gasteiger partial charge in [-0.2, -0.15) is 4.99 Å². The van der Waals surface area contributed by atoms with Crippen molar-refractivity contribution in [3.05, 3.63) is 24.0 Å². The Morgan fingerprint density at radius 1 is 1.15 bits per heavy atom. The number of aliphatic imine (C=N–C) groups is 2. The van der Waals surface area contributed by atoms with Crippen molar-refractivity contribution in [2.24, 2.45) is 21.5 Å². The number of anilines is 1. The van der Waals surface area contributed by atoms with E-state index < -0.39 is 11.5 Å². The summed E-state index contributed by atoms with van der Waals surface area (Å²) in [5, 5.41) is 0. The van der Waals surface area contributed by atoms with Gasteiger partial charge < -0.3 is 20.9 Å². The lowest BCUT2D eigenvalue weighted by atomic mass is 9.87. The fraction of sp³-hybridized carbons (Fsp3) is 0.579. The molecule has 1 saturated heterocycles. The minimum Gasteiger partial charge on any atom is -0.488 e. The van der Waals surface area contributed by atoms with Gasteiger partial charge in [-0.1, -0.05) is 12.5 Å². The second-order valence-electron chi connectivity index (χ2n) is 7.33. The first kappa shape index (κ1) is 18.0. The van der Waals surface area contributed by atoms with Gasteiger partial charge in [0.1, 0.15) is 23.2 Å². The molecule has 4 N–H and O–H groups in total. The Balaban J connectivity index is 1.75. The predicted molar refractivity (Wildman–Crippen MR) is 102 cm³/mol. The summed E-state index contributed by atoms with van der Waals surface area (Å²) in [7, 11) is 0. The van der Waals surface area contributed by atoms with Crippen LogP contribution in [-0.4, -0.2) is 36.9 Å². The van der Waals surface area contributed by atoms with Crippen molar-refractivity contribution in [2.75, 3.05) is 18.1 Å². The van der Waals surface area contributed by atoms with Crippen molar-refractivity contribution in [3.8, 4) is 5.75 Å². The Kier molecular flexibility index (Phi) is 4.90. The molecule has 0 aromatic heterocycles. The molecule has 0 atom stereocenters. The average molecular weight is 375 g/mol. The molecule has 1 spiro atoms. The number of guanidine groups is 2. The quantitative estimate of drug-likeness (QED) is 0.846. The predicted octanol–water partition coefficient (Wildman–Crippen LogP) is 2.49. The van der Waals surface area contributed by atoms with Crippen molar-refractivity contribution in [2.45, 2.75) is 56.7 Å². The number of nitrogens with two attached hydrogens (primary N) is 2. The molecule has 1 aliphatic carbocycles. The maximum Gasteiger partial charge on any atom is 0.220 e. The number of halogens is 1. The van der Waals surface area contributed by atoms with Gasteiger partial charge in [0.25, 0.3) is 0 Å². The van der Waals surface area contributed by atoms with Crippen LogP contribution in [0.1, 0.15) is 44.9 Å². The van der Waals surface area contributed by atoms with Crippen LogP contribution in [0.15, 0.2) is 28.2 Å². The third-order valence-corrected chi connectivity index (χ3v) is 5.49. The topological polar surface area (TPSA) is 98.5 Å². The minimum absolute atomic E-state index is 0.0156. The van der Waals surface area contributed by atoms with Gasteiger partial charge in [0.05, 0.1) is 13.2 Å². The lowest BCUT2D eigenvalue weighted by molar-refractivity contribution is 0.0256. The molecule has 8 heteroatoms. The monoisotopic (exact) mass is 375 g/mol. The Morgan fingerprint density at radius 3 is 2.63 bits per heavy atom. The van der Waals surface area contributed by atoms with Gasteiger partial charge in [-0.05, 0) is 37.8 Å². The molecule has 0 amide bonds. The van der Waals surface area contributed by atoms with E-state index in [0.717, 1.165) is 44.9 Å². The fourth-order valence-electron chi connectivity index (χ4n) is 4.23. The van der Waals surface area contributed by atoms with Gasteiger partial charge in [-0.15, -0.1) is 0 Å². The van der Waals surface area contributed by atoms with Gasteiger partial charge >= 0.3 is 0 Å². The number of rotatable bonds is 3. The van der Waals surface area contributed by atoms with Crippen molar-refractivity contribution in [1.82, 2.24) is 0 Å². The number of para-hydroxylation sites is 1. The van der Waals surface area contributed by atoms with Gasteiger partial charge in [0.15, 0.2) is 5.82 Å². The van der Waals surface area contributed by atoms with Crippen molar-refractivity contribution >= 4 is 17.6 Å². The molecule has 0 radical (unpaired) electrons. The second-order valence-corrected chi connectivity index (χ2v) is 7.33. The normalized spacial score (nSPS) is 23.1. The summed E-state index contributed by atoms with van der Waals surface area (Å²) < 4.78 is 26.6. The van der Waals surface area contributed by atoms with Crippen molar-refractivity contribution in [1.29, 1.82) is 0 Å². The smallest absolute Gasteiger partial charge is 0.220 e. The van der Waals surface area contributed by atoms with Crippen LogP contribution in [0.2, 0.25) is 0 Å². The molecule has 7 nitrogen and oxygen atoms in total. The Bertz CT molecular complexity index is 754. The molecule has 27 heavy (non-hydrogen) atoms. The zero-order valence-corrected chi connectivity index (χ0v) is 15.4. The van der Waals surface area contributed by atoms with Gasteiger partial charge in [0, 0.05) is 12.8 Å². The number of ether oxygens (including phenoxy) is 2. The summed E-state index contributed by atoms with van der Waals surface area (Å²) in [6.07, 6.45) is 6.09. The molecule has 2 heterocycles. The van der Waals surface area contributed by atoms with E-state index in [1.807, 2.05) is 0 Å². The number of benzene rings is 1. The Labute approximate surface area is 158 Å². The molecule has 0 unspecified atom stereocenters. The van der Waals surface area contributed by atoms with E-state index in [4.69, 9.17) is 20.9 Å². The number of nitrogens with zero attached hydrogens (tertiary/aromatic N) is 3. The SMILES string of the molecule is NC1=NC2(CCCCC2)N(c2c(F)cccc2OC2CCOCC2)C(N)=N1. The summed E-state index contributed by atoms with van der Waals surface area (Å²) in [5.41, 5.74) is 11.8. The highest BCUT2D eigenvalue weighted by atomic mass is 19.1. The summed E-state index contributed by atoms with van der Waals surface area (Å²) in [5.74, 6) is 0.360. The van der Waals surface area contributed by atoms with E-state index in [9.17, 15) is 0 Å². The van der Waals surface area contributed by atoms with E-state index in [-0.39, 0.29) is 18.0 Å². The second kappa shape index (κ2) is 7.34. The van der Waals surface area contributed by atoms with Crippen LogP contribution in [0.5, 0.6) is 5.75 Å². The highest BCUT2D eigenvalue weighted by molar-refractivity contribution is 6.06. The molecule has 1 aromatic carbocycles. The third kappa shape index (κ3) is 3.45. The van der Waals surface area contributed by atoms with Crippen LogP contribution in [-0.2, 0) is 4.74 Å². The molecule has 0 bridgehead atoms. The standard InChI is InChI=1S/C19H26FN5O2/c20-14-5-4-6-15(27-13-7-11-26-12-8-13)16(14)25-18(22)23-17(21)24-19(25)9-2-1-3-10-19/h4-6,13H,1-3,7-12H2,(H4,21,22,23,24). The first-order valence-corrected chi connectivity index (χ1v) is 9.62. The summed E-state index contributed by atoms with van der Waals surface area (Å²) in [4.78, 5) is 10.4. The van der Waals surface area contributed by atoms with Crippen LogP contribution in [0, 0.1) is 5.82 Å². The maximum atomic E-state index is 15.1. The largest absolute Gasteiger partial charge is 0.488 e. The minimum atomic E-state index is -0.704. The summed E-state index contributed by atoms with van der Waals surface area (Å²) in [6.45, 7) is 1.29. The first-order valence-electron chi connectivity index (χ1n) is 9.62. The van der Waals surface area contributed by atoms with E-state index >= 15 is 4.39 Å². The summed E-state index contributed by atoms with van der Waals surface area (Å²) >= 11 is 0. The molecular formula is C19H26FN5O2. The molecule has 4 rings (SSSR count). The van der Waals surface area contributed by atoms with E-state index in [2.05, 4.69) is 9.98 Å². The molecule has 1 aromatic rings. The maximum absolute atomic E-state index is 15.1. The van der Waals surface area contributed by atoms with E-state index in [1.54, 1.807) is 17.0 Å². The van der Waals surface area contributed by atoms with E-state index in [1.165, 1.54) is 6.07 Å². The van der Waals surface area contributed by atoms with Crippen LogP contribution in [0.25, 0.3) is 0 Å². The lowest BCUT2D eigenvalue weighted by Crippen LogP contribution is -2.58. The first-order chi connectivity index (χ1) is 13.1. The molecule has 3 aliphatic rings. The molecule has 1 saturated carbocycles. The van der Waals surface area contributed by atoms with E-state index in [0.29, 0.717) is 24.7 Å². The zero-order chi connectivity index (χ0) is 18.9. The molecular weight excluding hydrogens is 349 g/mol. The summed E-state index contributed by atoms with van der Waals surface area (Å²) in [6, 6.07) is 4.84. The Hall–Kier alpha value is -2.35. The van der Waals surface area contributed by atoms with Gasteiger partial charge in [0.2, 0.25) is 11.9 Å². The van der Waals surface area contributed by atoms with Gasteiger partial charge in [-0.3, -0.25) is 4.90 Å². The van der Waals surface area contributed by atoms with Crippen LogP contribution < -0.4 is 21.1 Å². The van der Waals surface area contributed by atoms with Crippen molar-refractivity contribution < 1.29 is 13.9 Å². The third-order valence-electron chi connectivity index (χ3n) is 5.49. The van der Waals surface area contributed by atoms with Crippen LogP contribution in [0.3, 0.4) is 0 Å². The highest BCUT2D eigenvalue weighted by Crippen LogP contribution is 2.44. The molecule has 2 fully saturated rings. The van der Waals surface area contributed by atoms with Crippen LogP contribution in [0.4, 0.5) is 10.1 Å². The fourth-order valence-corrected chi connectivity index (χ4v) is 4.23. The molecule has 2 aliphatic heterocycles. The van der Waals surface area contributed by atoms with Crippen molar-refractivity contribution in [3.63, 3.8) is 0 Å². The lowest BCUT2D eigenvalue weighted by Gasteiger charge is -2.46. The average Bonchev–Trinajstić information content (AvgIpc) is 2.65. The number of hydrogen-bond acceptors (Lipinski definition) is 7. The number of hydrogen-bond donors (Lipinski definition) is 2. The highest BCUT2D eigenvalue weighted by Gasteiger charge is 2.44. The molecule has 146 valence electrons. The zero-order valence-electron chi connectivity index (χ0n) is 15.4. The van der Waals surface area contributed by atoms with Gasteiger partial charge in [-0.25, -0.2) is 9.38 Å². The Morgan fingerprint density at radius 2 is 1.89 bits per heavy atom.